The SMILES string of the molecule is CCOC(=O)c1ccc(-n2c(C)cc(/C=C(\C#N)C(=O)Nc3sc(C)c(C)c3C(=O)OCC)c2C)cc1. The van der Waals surface area contributed by atoms with Crippen molar-refractivity contribution < 1.29 is 23.9 Å². The molecular formula is C28H29N3O5S. The molecule has 0 radical (unpaired) electrons. The second kappa shape index (κ2) is 11.7. The van der Waals surface area contributed by atoms with Crippen molar-refractivity contribution in [1.82, 2.24) is 4.57 Å². The number of aryl methyl sites for hydroxylation is 2. The predicted molar refractivity (Wildman–Crippen MR) is 143 cm³/mol. The van der Waals surface area contributed by atoms with Crippen LogP contribution in [0.3, 0.4) is 0 Å². The molecule has 0 spiro atoms. The van der Waals surface area contributed by atoms with Crippen molar-refractivity contribution in [1.29, 1.82) is 5.26 Å². The Labute approximate surface area is 220 Å². The van der Waals surface area contributed by atoms with Crippen LogP contribution in [-0.4, -0.2) is 35.6 Å². The molecule has 0 fully saturated rings. The fourth-order valence-electron chi connectivity index (χ4n) is 3.93. The highest BCUT2D eigenvalue weighted by molar-refractivity contribution is 7.16. The maximum absolute atomic E-state index is 13.0. The summed E-state index contributed by atoms with van der Waals surface area (Å²) in [5.74, 6) is -1.51. The zero-order valence-electron chi connectivity index (χ0n) is 21.7. The molecule has 0 aliphatic carbocycles. The summed E-state index contributed by atoms with van der Waals surface area (Å²) >= 11 is 1.26. The quantitative estimate of drug-likeness (QED) is 0.233. The number of thiophene rings is 1. The van der Waals surface area contributed by atoms with Crippen molar-refractivity contribution in [3.8, 4) is 11.8 Å². The topological polar surface area (TPSA) is 110 Å². The Morgan fingerprint density at radius 3 is 2.24 bits per heavy atom. The van der Waals surface area contributed by atoms with Crippen LogP contribution < -0.4 is 5.32 Å². The van der Waals surface area contributed by atoms with Gasteiger partial charge in [-0.05, 0) is 89.1 Å². The lowest BCUT2D eigenvalue weighted by atomic mass is 10.1. The Balaban J connectivity index is 1.91. The van der Waals surface area contributed by atoms with Crippen LogP contribution in [0.25, 0.3) is 11.8 Å². The fraction of sp³-hybridized carbons (Fsp3) is 0.286. The number of nitriles is 1. The van der Waals surface area contributed by atoms with Crippen LogP contribution in [0.5, 0.6) is 0 Å². The van der Waals surface area contributed by atoms with Gasteiger partial charge in [0.05, 0.1) is 24.3 Å². The van der Waals surface area contributed by atoms with E-state index in [1.165, 1.54) is 17.4 Å². The number of anilines is 1. The molecule has 0 unspecified atom stereocenters. The number of benzene rings is 1. The summed E-state index contributed by atoms with van der Waals surface area (Å²) in [4.78, 5) is 38.3. The molecule has 1 N–H and O–H groups in total. The third kappa shape index (κ3) is 5.81. The molecule has 3 rings (SSSR count). The van der Waals surface area contributed by atoms with Gasteiger partial charge in [-0.1, -0.05) is 0 Å². The summed E-state index contributed by atoms with van der Waals surface area (Å²) in [6.45, 7) is 11.4. The van der Waals surface area contributed by atoms with Gasteiger partial charge in [-0.15, -0.1) is 11.3 Å². The average molecular weight is 520 g/mol. The molecule has 0 aliphatic rings. The number of ether oxygens (including phenoxy) is 2. The summed E-state index contributed by atoms with van der Waals surface area (Å²) in [7, 11) is 0. The van der Waals surface area contributed by atoms with Gasteiger partial charge in [0.25, 0.3) is 5.91 Å². The lowest BCUT2D eigenvalue weighted by Gasteiger charge is -2.10. The van der Waals surface area contributed by atoms with Crippen LogP contribution in [0.1, 0.15) is 62.0 Å². The number of hydrogen-bond donors (Lipinski definition) is 1. The highest BCUT2D eigenvalue weighted by atomic mass is 32.1. The Kier molecular flexibility index (Phi) is 8.69. The molecule has 9 heteroatoms. The Morgan fingerprint density at radius 1 is 1.03 bits per heavy atom. The van der Waals surface area contributed by atoms with E-state index in [1.54, 1.807) is 32.9 Å². The predicted octanol–water partition coefficient (Wildman–Crippen LogP) is 5.67. The minimum Gasteiger partial charge on any atom is -0.462 e. The summed E-state index contributed by atoms with van der Waals surface area (Å²) in [6.07, 6.45) is 1.53. The number of nitrogens with one attached hydrogen (secondary N) is 1. The first-order valence-corrected chi connectivity index (χ1v) is 12.6. The molecule has 192 valence electrons. The van der Waals surface area contributed by atoms with Gasteiger partial charge in [-0.25, -0.2) is 9.59 Å². The molecule has 0 saturated heterocycles. The number of esters is 2. The minimum absolute atomic E-state index is 0.101. The van der Waals surface area contributed by atoms with Crippen LogP contribution in [-0.2, 0) is 14.3 Å². The molecule has 0 saturated carbocycles. The lowest BCUT2D eigenvalue weighted by Crippen LogP contribution is -2.16. The van der Waals surface area contributed by atoms with E-state index in [-0.39, 0.29) is 18.1 Å². The van der Waals surface area contributed by atoms with Gasteiger partial charge in [0, 0.05) is 22.0 Å². The number of hydrogen-bond acceptors (Lipinski definition) is 7. The third-order valence-electron chi connectivity index (χ3n) is 5.86. The van der Waals surface area contributed by atoms with Crippen molar-refractivity contribution in [3.63, 3.8) is 0 Å². The average Bonchev–Trinajstić information content (AvgIpc) is 3.30. The van der Waals surface area contributed by atoms with E-state index in [9.17, 15) is 19.6 Å². The molecule has 0 atom stereocenters. The molecule has 1 amide bonds. The van der Waals surface area contributed by atoms with Crippen molar-refractivity contribution in [2.45, 2.75) is 41.5 Å². The minimum atomic E-state index is -0.613. The Morgan fingerprint density at radius 2 is 1.65 bits per heavy atom. The van der Waals surface area contributed by atoms with Gasteiger partial charge in [-0.2, -0.15) is 5.26 Å². The summed E-state index contributed by atoms with van der Waals surface area (Å²) in [6, 6.07) is 10.9. The van der Waals surface area contributed by atoms with E-state index in [1.807, 2.05) is 49.6 Å². The van der Waals surface area contributed by atoms with Gasteiger partial charge in [0.2, 0.25) is 0 Å². The first kappa shape index (κ1) is 27.4. The molecule has 0 aliphatic heterocycles. The maximum Gasteiger partial charge on any atom is 0.341 e. The van der Waals surface area contributed by atoms with Crippen LogP contribution in [0.15, 0.2) is 35.9 Å². The molecule has 3 aromatic rings. The van der Waals surface area contributed by atoms with Crippen LogP contribution in [0.4, 0.5) is 5.00 Å². The molecule has 2 heterocycles. The van der Waals surface area contributed by atoms with Gasteiger partial charge in [0.15, 0.2) is 0 Å². The molecule has 0 bridgehead atoms. The van der Waals surface area contributed by atoms with Crippen molar-refractivity contribution in [3.05, 3.63) is 74.4 Å². The van der Waals surface area contributed by atoms with Gasteiger partial charge < -0.3 is 19.4 Å². The number of carbonyl (C=O) groups is 3. The van der Waals surface area contributed by atoms with Crippen LogP contribution in [0.2, 0.25) is 0 Å². The summed E-state index contributed by atoms with van der Waals surface area (Å²) < 4.78 is 12.2. The lowest BCUT2D eigenvalue weighted by molar-refractivity contribution is -0.112. The largest absolute Gasteiger partial charge is 0.462 e. The number of aromatic nitrogens is 1. The maximum atomic E-state index is 13.0. The number of amides is 1. The zero-order valence-corrected chi connectivity index (χ0v) is 22.5. The standard InChI is InChI=1S/C28H29N3O5S/c1-7-35-27(33)20-9-11-23(12-10-20)31-16(3)13-21(18(31)5)14-22(15-29)25(32)30-26-24(28(34)36-8-2)17(4)19(6)37-26/h9-14H,7-8H2,1-6H3,(H,30,32)/b22-14+. The second-order valence-electron chi connectivity index (χ2n) is 8.26. The normalized spacial score (nSPS) is 11.1. The molecule has 8 nitrogen and oxygen atoms in total. The Hall–Kier alpha value is -4.16. The van der Waals surface area contributed by atoms with Crippen LogP contribution in [0, 0.1) is 39.0 Å². The highest BCUT2D eigenvalue weighted by Gasteiger charge is 2.23. The highest BCUT2D eigenvalue weighted by Crippen LogP contribution is 2.33. The molecule has 2 aromatic heterocycles. The van der Waals surface area contributed by atoms with E-state index in [0.29, 0.717) is 28.3 Å². The van der Waals surface area contributed by atoms with E-state index in [2.05, 4.69) is 5.32 Å². The van der Waals surface area contributed by atoms with E-state index >= 15 is 0 Å². The summed E-state index contributed by atoms with van der Waals surface area (Å²) in [5.41, 5.74) is 4.63. The first-order chi connectivity index (χ1) is 17.6. The van der Waals surface area contributed by atoms with E-state index in [0.717, 1.165) is 27.5 Å². The van der Waals surface area contributed by atoms with Gasteiger partial charge in [0.1, 0.15) is 16.6 Å². The van der Waals surface area contributed by atoms with Gasteiger partial charge in [-0.3, -0.25) is 4.79 Å². The van der Waals surface area contributed by atoms with Crippen LogP contribution >= 0.6 is 11.3 Å². The number of rotatable bonds is 8. The molecule has 1 aromatic carbocycles. The Bertz CT molecular complexity index is 1420. The van der Waals surface area contributed by atoms with E-state index in [4.69, 9.17) is 9.47 Å². The van der Waals surface area contributed by atoms with E-state index < -0.39 is 11.9 Å². The monoisotopic (exact) mass is 519 g/mol. The molecule has 37 heavy (non-hydrogen) atoms. The van der Waals surface area contributed by atoms with Crippen molar-refractivity contribution in [2.75, 3.05) is 18.5 Å². The summed E-state index contributed by atoms with van der Waals surface area (Å²) in [5, 5.41) is 12.8. The number of nitrogens with zero attached hydrogens (tertiary/aromatic N) is 2. The van der Waals surface area contributed by atoms with Gasteiger partial charge >= 0.3 is 11.9 Å². The fourth-order valence-corrected chi connectivity index (χ4v) is 4.97. The van der Waals surface area contributed by atoms with Crippen molar-refractivity contribution >= 4 is 40.3 Å². The molecular weight excluding hydrogens is 490 g/mol. The number of carbonyl (C=O) groups excluding carboxylic acids is 3. The third-order valence-corrected chi connectivity index (χ3v) is 6.99. The zero-order chi connectivity index (χ0) is 27.3. The first-order valence-electron chi connectivity index (χ1n) is 11.8. The smallest absolute Gasteiger partial charge is 0.341 e. The van der Waals surface area contributed by atoms with Crippen molar-refractivity contribution in [2.24, 2.45) is 0 Å². The second-order valence-corrected chi connectivity index (χ2v) is 9.49.